The lowest BCUT2D eigenvalue weighted by molar-refractivity contribution is -0.116. The van der Waals surface area contributed by atoms with Gasteiger partial charge in [-0.3, -0.25) is 14.6 Å². The molecule has 7 heteroatoms. The standard InChI is InChI=1S/C19H21FN4O2/c1-11-6-8-24(9-7-11)19-22-17-16(18(26)23-19)14(10-15(25)21-17)12-2-4-13(20)5-3-12/h2-5,11,14H,6-10H2,1H3,(H2,21,22,23,25,26). The summed E-state index contributed by atoms with van der Waals surface area (Å²) in [4.78, 5) is 34.4. The van der Waals surface area contributed by atoms with E-state index in [-0.39, 0.29) is 23.7 Å². The molecule has 26 heavy (non-hydrogen) atoms. The van der Waals surface area contributed by atoms with Crippen molar-refractivity contribution >= 4 is 17.7 Å². The summed E-state index contributed by atoms with van der Waals surface area (Å²) in [5.74, 6) is 0.511. The van der Waals surface area contributed by atoms with E-state index in [4.69, 9.17) is 0 Å². The molecular weight excluding hydrogens is 335 g/mol. The van der Waals surface area contributed by atoms with Gasteiger partial charge >= 0.3 is 0 Å². The number of amides is 1. The number of aromatic amines is 1. The highest BCUT2D eigenvalue weighted by atomic mass is 19.1. The molecule has 2 N–H and O–H groups in total. The van der Waals surface area contributed by atoms with Crippen molar-refractivity contribution in [2.75, 3.05) is 23.3 Å². The summed E-state index contributed by atoms with van der Waals surface area (Å²) in [5, 5.41) is 2.73. The van der Waals surface area contributed by atoms with Crippen LogP contribution in [0.15, 0.2) is 29.1 Å². The van der Waals surface area contributed by atoms with Crippen LogP contribution in [0.25, 0.3) is 0 Å². The van der Waals surface area contributed by atoms with Crippen LogP contribution in [0.1, 0.15) is 43.2 Å². The van der Waals surface area contributed by atoms with E-state index in [2.05, 4.69) is 27.1 Å². The lowest BCUT2D eigenvalue weighted by atomic mass is 9.87. The normalized spacial score (nSPS) is 20.6. The van der Waals surface area contributed by atoms with E-state index in [1.54, 1.807) is 12.1 Å². The zero-order valence-electron chi connectivity index (χ0n) is 14.6. The second-order valence-corrected chi connectivity index (χ2v) is 7.18. The van der Waals surface area contributed by atoms with Crippen molar-refractivity contribution in [1.29, 1.82) is 0 Å². The highest BCUT2D eigenvalue weighted by molar-refractivity contribution is 5.94. The molecule has 136 valence electrons. The van der Waals surface area contributed by atoms with Crippen LogP contribution in [-0.4, -0.2) is 29.0 Å². The molecule has 2 aromatic rings. The van der Waals surface area contributed by atoms with Gasteiger partial charge in [0.25, 0.3) is 5.56 Å². The van der Waals surface area contributed by atoms with Crippen LogP contribution in [0.3, 0.4) is 0 Å². The zero-order chi connectivity index (χ0) is 18.3. The average molecular weight is 356 g/mol. The number of aromatic nitrogens is 2. The molecular formula is C19H21FN4O2. The van der Waals surface area contributed by atoms with Crippen molar-refractivity contribution in [2.24, 2.45) is 5.92 Å². The number of carbonyl (C=O) groups is 1. The maximum atomic E-state index is 13.2. The van der Waals surface area contributed by atoms with Crippen LogP contribution >= 0.6 is 0 Å². The van der Waals surface area contributed by atoms with E-state index < -0.39 is 5.92 Å². The molecule has 0 radical (unpaired) electrons. The second-order valence-electron chi connectivity index (χ2n) is 7.18. The Morgan fingerprint density at radius 1 is 1.15 bits per heavy atom. The van der Waals surface area contributed by atoms with Gasteiger partial charge in [-0.05, 0) is 36.5 Å². The number of halogens is 1. The van der Waals surface area contributed by atoms with Crippen LogP contribution < -0.4 is 15.8 Å². The SMILES string of the molecule is CC1CCN(c2nc3c(c(=O)[nH]2)C(c2ccc(F)cc2)CC(=O)N3)CC1. The van der Waals surface area contributed by atoms with Gasteiger partial charge in [0.15, 0.2) is 0 Å². The third-order valence-electron chi connectivity index (χ3n) is 5.29. The summed E-state index contributed by atoms with van der Waals surface area (Å²) >= 11 is 0. The van der Waals surface area contributed by atoms with Crippen molar-refractivity contribution in [3.05, 3.63) is 51.6 Å². The highest BCUT2D eigenvalue weighted by Gasteiger charge is 2.31. The maximum absolute atomic E-state index is 13.2. The van der Waals surface area contributed by atoms with Crippen LogP contribution in [-0.2, 0) is 4.79 Å². The smallest absolute Gasteiger partial charge is 0.258 e. The van der Waals surface area contributed by atoms with Gasteiger partial charge in [0.2, 0.25) is 11.9 Å². The number of hydrogen-bond acceptors (Lipinski definition) is 4. The number of nitrogens with zero attached hydrogens (tertiary/aromatic N) is 2. The Balaban J connectivity index is 1.73. The molecule has 3 heterocycles. The van der Waals surface area contributed by atoms with Gasteiger partial charge in [-0.25, -0.2) is 4.39 Å². The molecule has 0 bridgehead atoms. The van der Waals surface area contributed by atoms with Crippen molar-refractivity contribution < 1.29 is 9.18 Å². The fourth-order valence-electron chi connectivity index (χ4n) is 3.71. The molecule has 0 spiro atoms. The fourth-order valence-corrected chi connectivity index (χ4v) is 3.71. The summed E-state index contributed by atoms with van der Waals surface area (Å²) in [5.41, 5.74) is 0.914. The first-order valence-corrected chi connectivity index (χ1v) is 8.95. The van der Waals surface area contributed by atoms with Crippen molar-refractivity contribution in [3.63, 3.8) is 0 Å². The molecule has 1 atom stereocenters. The molecule has 1 saturated heterocycles. The summed E-state index contributed by atoms with van der Waals surface area (Å²) < 4.78 is 13.2. The zero-order valence-corrected chi connectivity index (χ0v) is 14.6. The summed E-state index contributed by atoms with van der Waals surface area (Å²) in [6.45, 7) is 3.88. The van der Waals surface area contributed by atoms with E-state index >= 15 is 0 Å². The average Bonchev–Trinajstić information content (AvgIpc) is 2.62. The first-order chi connectivity index (χ1) is 12.5. The molecule has 0 saturated carbocycles. The molecule has 4 rings (SSSR count). The van der Waals surface area contributed by atoms with Gasteiger partial charge in [-0.15, -0.1) is 0 Å². The number of benzene rings is 1. The number of hydrogen-bond donors (Lipinski definition) is 2. The van der Waals surface area contributed by atoms with E-state index in [9.17, 15) is 14.0 Å². The Labute approximate surface area is 150 Å². The predicted octanol–water partition coefficient (Wildman–Crippen LogP) is 2.62. The minimum Gasteiger partial charge on any atom is -0.342 e. The molecule has 2 aliphatic rings. The number of nitrogens with one attached hydrogen (secondary N) is 2. The van der Waals surface area contributed by atoms with Crippen LogP contribution in [0.2, 0.25) is 0 Å². The Hall–Kier alpha value is -2.70. The Morgan fingerprint density at radius 3 is 2.54 bits per heavy atom. The molecule has 1 fully saturated rings. The van der Waals surface area contributed by atoms with Gasteiger partial charge in [-0.1, -0.05) is 19.1 Å². The molecule has 0 aliphatic carbocycles. The van der Waals surface area contributed by atoms with Gasteiger partial charge < -0.3 is 10.2 Å². The molecule has 1 aromatic heterocycles. The second kappa shape index (κ2) is 6.55. The maximum Gasteiger partial charge on any atom is 0.258 e. The quantitative estimate of drug-likeness (QED) is 0.867. The Morgan fingerprint density at radius 2 is 1.85 bits per heavy atom. The van der Waals surface area contributed by atoms with Crippen LogP contribution in [0.4, 0.5) is 16.2 Å². The van der Waals surface area contributed by atoms with E-state index in [1.165, 1.54) is 12.1 Å². The third-order valence-corrected chi connectivity index (χ3v) is 5.29. The van der Waals surface area contributed by atoms with E-state index in [0.717, 1.165) is 31.5 Å². The largest absolute Gasteiger partial charge is 0.342 e. The molecule has 1 unspecified atom stereocenters. The molecule has 2 aliphatic heterocycles. The lowest BCUT2D eigenvalue weighted by Crippen LogP contribution is -2.37. The minimum absolute atomic E-state index is 0.143. The number of anilines is 2. The molecule has 1 amide bonds. The monoisotopic (exact) mass is 356 g/mol. The van der Waals surface area contributed by atoms with Crippen molar-refractivity contribution in [1.82, 2.24) is 9.97 Å². The summed E-state index contributed by atoms with van der Waals surface area (Å²) in [7, 11) is 0. The molecule has 6 nitrogen and oxygen atoms in total. The minimum atomic E-state index is -0.425. The Kier molecular flexibility index (Phi) is 4.22. The number of rotatable bonds is 2. The first-order valence-electron chi connectivity index (χ1n) is 8.95. The number of H-pyrrole nitrogens is 1. The van der Waals surface area contributed by atoms with Gasteiger partial charge in [0.1, 0.15) is 11.6 Å². The number of fused-ring (bicyclic) bond motifs is 1. The van der Waals surface area contributed by atoms with E-state index in [0.29, 0.717) is 23.2 Å². The van der Waals surface area contributed by atoms with Gasteiger partial charge in [0.05, 0.1) is 5.56 Å². The molecule has 1 aromatic carbocycles. The topological polar surface area (TPSA) is 78.1 Å². The first kappa shape index (κ1) is 16.8. The third kappa shape index (κ3) is 3.09. The van der Waals surface area contributed by atoms with Crippen LogP contribution in [0.5, 0.6) is 0 Å². The number of piperidine rings is 1. The Bertz CT molecular complexity index is 885. The predicted molar refractivity (Wildman–Crippen MR) is 97.0 cm³/mol. The lowest BCUT2D eigenvalue weighted by Gasteiger charge is -2.32. The van der Waals surface area contributed by atoms with E-state index in [1.807, 2.05) is 0 Å². The van der Waals surface area contributed by atoms with Gasteiger partial charge in [0, 0.05) is 25.4 Å². The highest BCUT2D eigenvalue weighted by Crippen LogP contribution is 2.34. The summed E-state index contributed by atoms with van der Waals surface area (Å²) in [6, 6.07) is 5.91. The van der Waals surface area contributed by atoms with Crippen LogP contribution in [0, 0.1) is 11.7 Å². The number of carbonyl (C=O) groups excluding carboxylic acids is 1. The van der Waals surface area contributed by atoms with Crippen molar-refractivity contribution in [2.45, 2.75) is 32.1 Å². The van der Waals surface area contributed by atoms with Crippen molar-refractivity contribution in [3.8, 4) is 0 Å². The van der Waals surface area contributed by atoms with Gasteiger partial charge in [-0.2, -0.15) is 4.98 Å². The summed E-state index contributed by atoms with van der Waals surface area (Å²) in [6.07, 6.45) is 2.24. The fraction of sp³-hybridized carbons (Fsp3) is 0.421.